The van der Waals surface area contributed by atoms with Gasteiger partial charge >= 0.3 is 6.18 Å². The number of aromatic nitrogens is 1. The molecular formula is C16H15BrF3N3O2S. The summed E-state index contributed by atoms with van der Waals surface area (Å²) in [6.07, 6.45) is 1.31. The lowest BCUT2D eigenvalue weighted by molar-refractivity contribution is -0.0894. The van der Waals surface area contributed by atoms with Crippen molar-refractivity contribution >= 4 is 31.5 Å². The van der Waals surface area contributed by atoms with Crippen molar-refractivity contribution in [3.05, 3.63) is 52.6 Å². The molecule has 140 valence electrons. The van der Waals surface area contributed by atoms with E-state index in [9.17, 15) is 21.6 Å². The second kappa shape index (κ2) is 6.41. The summed E-state index contributed by atoms with van der Waals surface area (Å²) in [5, 5.41) is 0. The summed E-state index contributed by atoms with van der Waals surface area (Å²) in [7, 11) is -1.97. The molecule has 1 unspecified atom stereocenters. The molecule has 0 amide bonds. The number of nitrogens with zero attached hydrogens (tertiary/aromatic N) is 3. The van der Waals surface area contributed by atoms with Crippen LogP contribution in [0.3, 0.4) is 0 Å². The van der Waals surface area contributed by atoms with Gasteiger partial charge in [-0.05, 0) is 34.1 Å². The van der Waals surface area contributed by atoms with Crippen molar-refractivity contribution < 1.29 is 21.6 Å². The highest BCUT2D eigenvalue weighted by Gasteiger charge is 2.39. The van der Waals surface area contributed by atoms with Crippen molar-refractivity contribution in [2.24, 2.45) is 0 Å². The van der Waals surface area contributed by atoms with Crippen molar-refractivity contribution in [3.8, 4) is 0 Å². The Bertz CT molecular complexity index is 939. The number of hydrogen-bond acceptors (Lipinski definition) is 5. The SMILES string of the molecule is CCS(=O)(=O)c1cc(Br)cnc1C1=CN2C=CC(C(F)(F)F)=CC2N1C. The minimum absolute atomic E-state index is 0.0383. The third-order valence-electron chi connectivity index (χ3n) is 4.21. The van der Waals surface area contributed by atoms with Crippen LogP contribution in [0.15, 0.2) is 51.8 Å². The average Bonchev–Trinajstić information content (AvgIpc) is 2.90. The molecule has 10 heteroatoms. The van der Waals surface area contributed by atoms with Gasteiger partial charge in [0.15, 0.2) is 9.84 Å². The van der Waals surface area contributed by atoms with Gasteiger partial charge in [-0.25, -0.2) is 8.42 Å². The molecule has 0 aliphatic carbocycles. The van der Waals surface area contributed by atoms with E-state index in [1.807, 2.05) is 0 Å². The van der Waals surface area contributed by atoms with Crippen molar-refractivity contribution in [2.75, 3.05) is 12.8 Å². The van der Waals surface area contributed by atoms with Crippen molar-refractivity contribution in [3.63, 3.8) is 0 Å². The van der Waals surface area contributed by atoms with Crippen LogP contribution in [-0.2, 0) is 9.84 Å². The van der Waals surface area contributed by atoms with E-state index in [2.05, 4.69) is 20.9 Å². The zero-order chi connectivity index (χ0) is 19.3. The quantitative estimate of drug-likeness (QED) is 0.706. The Balaban J connectivity index is 2.06. The monoisotopic (exact) mass is 449 g/mol. The maximum absolute atomic E-state index is 13.0. The third kappa shape index (κ3) is 3.27. The number of likely N-dealkylation sites (N-methyl/N-ethyl adjacent to an activating group) is 1. The number of allylic oxidation sites excluding steroid dienone is 2. The van der Waals surface area contributed by atoms with E-state index < -0.39 is 27.8 Å². The first-order valence-electron chi connectivity index (χ1n) is 7.62. The maximum atomic E-state index is 13.0. The van der Waals surface area contributed by atoms with Crippen molar-refractivity contribution in [2.45, 2.75) is 24.2 Å². The second-order valence-corrected chi connectivity index (χ2v) is 8.99. The van der Waals surface area contributed by atoms with Gasteiger partial charge in [0.1, 0.15) is 11.9 Å². The molecule has 0 fully saturated rings. The molecule has 1 aromatic heterocycles. The van der Waals surface area contributed by atoms with E-state index >= 15 is 0 Å². The van der Waals surface area contributed by atoms with E-state index in [1.165, 1.54) is 25.4 Å². The number of hydrogen-bond donors (Lipinski definition) is 0. The minimum Gasteiger partial charge on any atom is -0.348 e. The number of fused-ring (bicyclic) bond motifs is 1. The highest BCUT2D eigenvalue weighted by molar-refractivity contribution is 9.10. The summed E-state index contributed by atoms with van der Waals surface area (Å²) < 4.78 is 64.3. The minimum atomic E-state index is -4.45. The average molecular weight is 450 g/mol. The molecule has 2 aliphatic heterocycles. The van der Waals surface area contributed by atoms with Crippen LogP contribution in [0.4, 0.5) is 13.2 Å². The third-order valence-corrected chi connectivity index (χ3v) is 6.39. The Morgan fingerprint density at radius 2 is 2.04 bits per heavy atom. The molecular weight excluding hydrogens is 435 g/mol. The van der Waals surface area contributed by atoms with Gasteiger partial charge in [0.2, 0.25) is 0 Å². The molecule has 5 nitrogen and oxygen atoms in total. The molecule has 0 spiro atoms. The van der Waals surface area contributed by atoms with Crippen LogP contribution in [0.5, 0.6) is 0 Å². The molecule has 3 rings (SSSR count). The van der Waals surface area contributed by atoms with E-state index in [1.54, 1.807) is 23.0 Å². The summed E-state index contributed by atoms with van der Waals surface area (Å²) in [4.78, 5) is 7.41. The summed E-state index contributed by atoms with van der Waals surface area (Å²) in [5.41, 5.74) is -0.105. The van der Waals surface area contributed by atoms with Gasteiger partial charge in [-0.15, -0.1) is 0 Å². The maximum Gasteiger partial charge on any atom is 0.416 e. The lowest BCUT2D eigenvalue weighted by Crippen LogP contribution is -2.36. The van der Waals surface area contributed by atoms with Crippen LogP contribution in [0, 0.1) is 0 Å². The fraction of sp³-hybridized carbons (Fsp3) is 0.312. The van der Waals surface area contributed by atoms with Crippen molar-refractivity contribution in [1.82, 2.24) is 14.8 Å². The van der Waals surface area contributed by atoms with Crippen LogP contribution in [0.2, 0.25) is 0 Å². The first kappa shape index (κ1) is 19.0. The fourth-order valence-electron chi connectivity index (χ4n) is 2.79. The Kier molecular flexibility index (Phi) is 4.68. The predicted octanol–water partition coefficient (Wildman–Crippen LogP) is 3.53. The normalized spacial score (nSPS) is 20.2. The topological polar surface area (TPSA) is 53.5 Å². The largest absolute Gasteiger partial charge is 0.416 e. The zero-order valence-corrected chi connectivity index (χ0v) is 16.2. The number of halogens is 4. The predicted molar refractivity (Wildman–Crippen MR) is 94.3 cm³/mol. The number of pyridine rings is 1. The highest BCUT2D eigenvalue weighted by Crippen LogP contribution is 2.38. The first-order chi connectivity index (χ1) is 12.0. The van der Waals surface area contributed by atoms with Crippen LogP contribution in [0.1, 0.15) is 12.6 Å². The smallest absolute Gasteiger partial charge is 0.348 e. The van der Waals surface area contributed by atoms with Gasteiger partial charge in [-0.3, -0.25) is 4.98 Å². The van der Waals surface area contributed by atoms with E-state index in [-0.39, 0.29) is 16.3 Å². The molecule has 0 saturated heterocycles. The van der Waals surface area contributed by atoms with Crippen LogP contribution in [-0.4, -0.2) is 48.3 Å². The standard InChI is InChI=1S/C16H15BrF3N3O2S/c1-3-26(24,25)13-7-11(17)8-21-15(13)12-9-23-5-4-10(16(18,19)20)6-14(23)22(12)2/h4-9,14H,3H2,1-2H3. The van der Waals surface area contributed by atoms with Gasteiger partial charge in [0.05, 0.1) is 21.9 Å². The Hall–Kier alpha value is -1.81. The van der Waals surface area contributed by atoms with E-state index in [4.69, 9.17) is 0 Å². The van der Waals surface area contributed by atoms with Gasteiger partial charge < -0.3 is 9.80 Å². The Labute approximate surface area is 157 Å². The molecule has 0 aromatic carbocycles. The molecule has 2 aliphatic rings. The fourth-order valence-corrected chi connectivity index (χ4v) is 4.34. The Morgan fingerprint density at radius 3 is 2.65 bits per heavy atom. The number of alkyl halides is 3. The first-order valence-corrected chi connectivity index (χ1v) is 10.1. The van der Waals surface area contributed by atoms with E-state index in [0.29, 0.717) is 10.2 Å². The Morgan fingerprint density at radius 1 is 1.35 bits per heavy atom. The summed E-state index contributed by atoms with van der Waals surface area (Å²) >= 11 is 3.22. The molecule has 3 heterocycles. The van der Waals surface area contributed by atoms with Crippen molar-refractivity contribution in [1.29, 1.82) is 0 Å². The molecule has 1 atom stereocenters. The van der Waals surface area contributed by atoms with Gasteiger partial charge in [0, 0.05) is 30.1 Å². The lowest BCUT2D eigenvalue weighted by Gasteiger charge is -2.30. The van der Waals surface area contributed by atoms with Crippen LogP contribution < -0.4 is 0 Å². The summed E-state index contributed by atoms with van der Waals surface area (Å²) in [6.45, 7) is 1.52. The van der Waals surface area contributed by atoms with Crippen LogP contribution in [0.25, 0.3) is 5.70 Å². The lowest BCUT2D eigenvalue weighted by atomic mass is 10.1. The van der Waals surface area contributed by atoms with E-state index in [0.717, 1.165) is 12.2 Å². The van der Waals surface area contributed by atoms with Crippen LogP contribution >= 0.6 is 15.9 Å². The number of sulfone groups is 1. The molecule has 1 aromatic rings. The van der Waals surface area contributed by atoms with Gasteiger partial charge in [-0.1, -0.05) is 6.92 Å². The summed E-state index contributed by atoms with van der Waals surface area (Å²) in [6, 6.07) is 1.46. The molecule has 0 N–H and O–H groups in total. The number of rotatable bonds is 3. The van der Waals surface area contributed by atoms with Gasteiger partial charge in [0.25, 0.3) is 0 Å². The summed E-state index contributed by atoms with van der Waals surface area (Å²) in [5.74, 6) is -0.111. The molecule has 0 radical (unpaired) electrons. The molecule has 0 bridgehead atoms. The zero-order valence-electron chi connectivity index (χ0n) is 13.8. The second-order valence-electron chi connectivity index (χ2n) is 5.83. The molecule has 0 saturated carbocycles. The van der Waals surface area contributed by atoms with Gasteiger partial charge in [-0.2, -0.15) is 13.2 Å². The highest BCUT2D eigenvalue weighted by atomic mass is 79.9. The molecule has 26 heavy (non-hydrogen) atoms.